The van der Waals surface area contributed by atoms with Crippen molar-refractivity contribution >= 4 is 23.7 Å². The maximum Gasteiger partial charge on any atom is 0.320 e. The quantitative estimate of drug-likeness (QED) is 0.644. The zero-order valence-corrected chi connectivity index (χ0v) is 11.3. The van der Waals surface area contributed by atoms with Crippen molar-refractivity contribution in [2.45, 2.75) is 19.0 Å². The van der Waals surface area contributed by atoms with Gasteiger partial charge in [-0.05, 0) is 18.4 Å². The Labute approximate surface area is 111 Å². The number of carboxylic acids is 1. The highest BCUT2D eigenvalue weighted by Gasteiger charge is 2.15. The molecule has 0 saturated heterocycles. The second kappa shape index (κ2) is 7.88. The van der Waals surface area contributed by atoms with Crippen LogP contribution in [0.2, 0.25) is 0 Å². The third-order valence-electron chi connectivity index (χ3n) is 2.39. The van der Waals surface area contributed by atoms with Gasteiger partial charge in [-0.2, -0.15) is 11.8 Å². The van der Waals surface area contributed by atoms with E-state index in [-0.39, 0.29) is 0 Å². The van der Waals surface area contributed by atoms with Gasteiger partial charge in [0.1, 0.15) is 6.04 Å². The van der Waals surface area contributed by atoms with Gasteiger partial charge in [-0.3, -0.25) is 4.79 Å². The van der Waals surface area contributed by atoms with Crippen LogP contribution in [0.5, 0.6) is 0 Å². The predicted molar refractivity (Wildman–Crippen MR) is 72.8 cm³/mol. The van der Waals surface area contributed by atoms with E-state index < -0.39 is 12.0 Å². The van der Waals surface area contributed by atoms with E-state index in [0.717, 1.165) is 11.3 Å². The maximum atomic E-state index is 11.0. The Kier molecular flexibility index (Phi) is 6.45. The molecule has 0 spiro atoms. The minimum Gasteiger partial charge on any atom is -0.480 e. The number of rotatable bonds is 8. The molecule has 0 unspecified atom stereocenters. The van der Waals surface area contributed by atoms with Crippen LogP contribution in [-0.4, -0.2) is 46.1 Å². The maximum absolute atomic E-state index is 11.0. The molecule has 1 aromatic rings. The van der Waals surface area contributed by atoms with Gasteiger partial charge in [0, 0.05) is 31.5 Å². The lowest BCUT2D eigenvalue weighted by molar-refractivity contribution is -0.139. The highest BCUT2D eigenvalue weighted by molar-refractivity contribution is 7.98. The molecule has 0 amide bonds. The van der Waals surface area contributed by atoms with Gasteiger partial charge in [-0.1, -0.05) is 0 Å². The van der Waals surface area contributed by atoms with E-state index in [2.05, 4.69) is 20.6 Å². The van der Waals surface area contributed by atoms with Crippen LogP contribution < -0.4 is 10.6 Å². The average molecular weight is 270 g/mol. The van der Waals surface area contributed by atoms with Gasteiger partial charge >= 0.3 is 5.97 Å². The van der Waals surface area contributed by atoms with Crippen molar-refractivity contribution in [1.82, 2.24) is 15.3 Å². The monoisotopic (exact) mass is 270 g/mol. The van der Waals surface area contributed by atoms with Crippen LogP contribution >= 0.6 is 11.8 Å². The lowest BCUT2D eigenvalue weighted by Crippen LogP contribution is -2.36. The molecule has 0 saturated carbocycles. The third kappa shape index (κ3) is 4.89. The summed E-state index contributed by atoms with van der Waals surface area (Å²) in [5.74, 6) is 0.548. The van der Waals surface area contributed by atoms with Crippen LogP contribution in [-0.2, 0) is 11.3 Å². The van der Waals surface area contributed by atoms with Crippen molar-refractivity contribution < 1.29 is 9.90 Å². The zero-order valence-electron chi connectivity index (χ0n) is 10.5. The first-order valence-corrected chi connectivity index (χ1v) is 7.00. The van der Waals surface area contributed by atoms with E-state index in [1.807, 2.05) is 6.26 Å². The summed E-state index contributed by atoms with van der Waals surface area (Å²) in [6, 6.07) is -0.526. The number of carbonyl (C=O) groups is 1. The average Bonchev–Trinajstić information content (AvgIpc) is 2.39. The fourth-order valence-corrected chi connectivity index (χ4v) is 1.84. The van der Waals surface area contributed by atoms with Gasteiger partial charge in [0.05, 0.1) is 0 Å². The largest absolute Gasteiger partial charge is 0.480 e. The number of carboxylic acid groups (broad SMARTS) is 1. The molecule has 0 aliphatic heterocycles. The van der Waals surface area contributed by atoms with E-state index in [4.69, 9.17) is 5.11 Å². The summed E-state index contributed by atoms with van der Waals surface area (Å²) < 4.78 is 0. The number of nitrogens with one attached hydrogen (secondary N) is 2. The fraction of sp³-hybridized carbons (Fsp3) is 0.545. The van der Waals surface area contributed by atoms with E-state index in [9.17, 15) is 4.79 Å². The third-order valence-corrected chi connectivity index (χ3v) is 3.03. The molecule has 1 heterocycles. The number of hydrogen-bond acceptors (Lipinski definition) is 6. The minimum atomic E-state index is -0.822. The van der Waals surface area contributed by atoms with Gasteiger partial charge in [0.2, 0.25) is 5.95 Å². The topological polar surface area (TPSA) is 87.1 Å². The Bertz CT molecular complexity index is 372. The van der Waals surface area contributed by atoms with Crippen molar-refractivity contribution in [3.8, 4) is 0 Å². The van der Waals surface area contributed by atoms with E-state index in [1.54, 1.807) is 31.2 Å². The number of aliphatic carboxylic acids is 1. The predicted octanol–water partition coefficient (Wildman–Crippen LogP) is 0.814. The Balaban J connectivity index is 2.47. The molecule has 0 aromatic carbocycles. The zero-order chi connectivity index (χ0) is 13.4. The first-order valence-electron chi connectivity index (χ1n) is 5.61. The Morgan fingerprint density at radius 1 is 1.50 bits per heavy atom. The molecule has 1 aromatic heterocycles. The highest BCUT2D eigenvalue weighted by Crippen LogP contribution is 2.04. The van der Waals surface area contributed by atoms with Crippen molar-refractivity contribution in [2.75, 3.05) is 24.4 Å². The molecule has 1 rings (SSSR count). The van der Waals surface area contributed by atoms with Crippen molar-refractivity contribution in [1.29, 1.82) is 0 Å². The second-order valence-electron chi connectivity index (χ2n) is 3.72. The molecule has 0 radical (unpaired) electrons. The summed E-state index contributed by atoms with van der Waals surface area (Å²) in [6.07, 6.45) is 5.92. The van der Waals surface area contributed by atoms with E-state index >= 15 is 0 Å². The molecular formula is C11H18N4O2S. The van der Waals surface area contributed by atoms with E-state index in [0.29, 0.717) is 18.9 Å². The van der Waals surface area contributed by atoms with Gasteiger partial charge in [-0.25, -0.2) is 9.97 Å². The minimum absolute atomic E-state index is 0.454. The first-order chi connectivity index (χ1) is 8.67. The lowest BCUT2D eigenvalue weighted by atomic mass is 10.2. The smallest absolute Gasteiger partial charge is 0.320 e. The van der Waals surface area contributed by atoms with Gasteiger partial charge < -0.3 is 15.7 Å². The lowest BCUT2D eigenvalue weighted by Gasteiger charge is -2.13. The number of aromatic nitrogens is 2. The molecule has 3 N–H and O–H groups in total. The van der Waals surface area contributed by atoms with Crippen LogP contribution in [0.4, 0.5) is 5.95 Å². The molecule has 0 bridgehead atoms. The summed E-state index contributed by atoms with van der Waals surface area (Å²) >= 11 is 1.64. The summed E-state index contributed by atoms with van der Waals surface area (Å²) in [7, 11) is 1.75. The van der Waals surface area contributed by atoms with Crippen molar-refractivity contribution in [3.05, 3.63) is 18.0 Å². The normalized spacial score (nSPS) is 12.1. The SMILES string of the molecule is CNc1ncc(CN[C@@H](CCSC)C(=O)O)cn1. The molecule has 18 heavy (non-hydrogen) atoms. The van der Waals surface area contributed by atoms with Crippen LogP contribution in [0.1, 0.15) is 12.0 Å². The molecule has 6 nitrogen and oxygen atoms in total. The summed E-state index contributed by atoms with van der Waals surface area (Å²) in [5, 5.41) is 14.9. The summed E-state index contributed by atoms with van der Waals surface area (Å²) in [4.78, 5) is 19.2. The Morgan fingerprint density at radius 3 is 2.67 bits per heavy atom. The molecule has 1 atom stereocenters. The molecule has 7 heteroatoms. The number of nitrogens with zero attached hydrogens (tertiary/aromatic N) is 2. The molecule has 0 fully saturated rings. The van der Waals surface area contributed by atoms with Crippen molar-refractivity contribution in [3.63, 3.8) is 0 Å². The molecule has 0 aliphatic rings. The standard InChI is InChI=1S/C11H18N4O2S/c1-12-11-14-6-8(7-15-11)5-13-9(10(16)17)3-4-18-2/h6-7,9,13H,3-5H2,1-2H3,(H,16,17)(H,12,14,15)/t9-/m0/s1. The van der Waals surface area contributed by atoms with Crippen LogP contribution in [0.3, 0.4) is 0 Å². The Hall–Kier alpha value is -1.34. The fourth-order valence-electron chi connectivity index (χ4n) is 1.36. The highest BCUT2D eigenvalue weighted by atomic mass is 32.2. The van der Waals surface area contributed by atoms with Crippen molar-refractivity contribution in [2.24, 2.45) is 0 Å². The van der Waals surface area contributed by atoms with Gasteiger partial charge in [0.15, 0.2) is 0 Å². The first kappa shape index (κ1) is 14.7. The molecule has 100 valence electrons. The summed E-state index contributed by atoms with van der Waals surface area (Å²) in [5.41, 5.74) is 0.865. The number of thioether (sulfide) groups is 1. The summed E-state index contributed by atoms with van der Waals surface area (Å²) in [6.45, 7) is 0.454. The number of hydrogen-bond donors (Lipinski definition) is 3. The van der Waals surface area contributed by atoms with Gasteiger partial charge in [0.25, 0.3) is 0 Å². The van der Waals surface area contributed by atoms with Crippen LogP contribution in [0, 0.1) is 0 Å². The Morgan fingerprint density at radius 2 is 2.17 bits per heavy atom. The van der Waals surface area contributed by atoms with Gasteiger partial charge in [-0.15, -0.1) is 0 Å². The molecule has 0 aliphatic carbocycles. The van der Waals surface area contributed by atoms with Crippen LogP contribution in [0.25, 0.3) is 0 Å². The number of anilines is 1. The van der Waals surface area contributed by atoms with E-state index in [1.165, 1.54) is 0 Å². The second-order valence-corrected chi connectivity index (χ2v) is 4.70. The molecular weight excluding hydrogens is 252 g/mol. The van der Waals surface area contributed by atoms with Crippen LogP contribution in [0.15, 0.2) is 12.4 Å².